The molecule has 0 radical (unpaired) electrons. The largest absolute Gasteiger partial charge is 0.457 e. The molecule has 1 aromatic heterocycles. The van der Waals surface area contributed by atoms with Gasteiger partial charge in [0, 0.05) is 25.6 Å². The summed E-state index contributed by atoms with van der Waals surface area (Å²) in [5.74, 6) is 1.44. The molecule has 0 saturated heterocycles. The molecule has 0 fully saturated rings. The molecular formula is C25H31N3O3Si. The molecule has 0 unspecified atom stereocenters. The van der Waals surface area contributed by atoms with E-state index in [2.05, 4.69) is 29.6 Å². The number of hydrogen-bond donors (Lipinski definition) is 2. The minimum Gasteiger partial charge on any atom is -0.457 e. The number of aliphatic hydroxyl groups excluding tert-OH is 1. The Bertz CT molecular complexity index is 1090. The number of nitrogens with zero attached hydrogens (tertiary/aromatic N) is 2. The molecule has 168 valence electrons. The Morgan fingerprint density at radius 2 is 1.81 bits per heavy atom. The minimum absolute atomic E-state index is 0.0736. The lowest BCUT2D eigenvalue weighted by Gasteiger charge is -2.14. The lowest BCUT2D eigenvalue weighted by Crippen LogP contribution is -2.21. The molecule has 0 amide bonds. The van der Waals surface area contributed by atoms with Crippen LogP contribution in [0.3, 0.4) is 0 Å². The van der Waals surface area contributed by atoms with Crippen molar-refractivity contribution >= 4 is 24.7 Å². The van der Waals surface area contributed by atoms with Crippen molar-refractivity contribution < 1.29 is 14.6 Å². The summed E-state index contributed by atoms with van der Waals surface area (Å²) in [6.45, 7) is 7.95. The Hall–Kier alpha value is -3.00. The lowest BCUT2D eigenvalue weighted by molar-refractivity contribution is 0.155. The fraction of sp³-hybridized carbons (Fsp3) is 0.280. The van der Waals surface area contributed by atoms with Gasteiger partial charge in [-0.1, -0.05) is 25.7 Å². The van der Waals surface area contributed by atoms with E-state index in [1.807, 2.05) is 54.6 Å². The van der Waals surface area contributed by atoms with Gasteiger partial charge in [-0.15, -0.1) is 0 Å². The molecule has 0 spiro atoms. The summed E-state index contributed by atoms with van der Waals surface area (Å²) in [6, 6.07) is 18.2. The second kappa shape index (κ2) is 11.0. The standard InChI is InChI=1S/C25H31N3O3Si/c1-32(2,3)15-14-30-18-27-24(12-13-26)19-5-8-22(9-6-19)31-23-10-11-25-20(16-23)4-7-21(17-29)28-25/h4-13,16,29H,14-15,17-18,26H2,1-3H3/b13-12-,27-24-. The SMILES string of the molecule is C[Si](C)(C)CCOC/N=C(/C=C\N)c1ccc(Oc2ccc3nc(CO)ccc3c2)cc1. The van der Waals surface area contributed by atoms with Gasteiger partial charge in [-0.3, -0.25) is 9.98 Å². The van der Waals surface area contributed by atoms with Gasteiger partial charge in [0.05, 0.1) is 23.5 Å². The molecule has 0 saturated carbocycles. The summed E-state index contributed by atoms with van der Waals surface area (Å²) in [7, 11) is -1.11. The van der Waals surface area contributed by atoms with E-state index in [9.17, 15) is 5.11 Å². The van der Waals surface area contributed by atoms with Crippen molar-refractivity contribution in [2.75, 3.05) is 13.3 Å². The van der Waals surface area contributed by atoms with E-state index in [-0.39, 0.29) is 6.61 Å². The van der Waals surface area contributed by atoms with E-state index in [1.54, 1.807) is 6.08 Å². The quantitative estimate of drug-likeness (QED) is 0.255. The fourth-order valence-electron chi connectivity index (χ4n) is 3.02. The summed E-state index contributed by atoms with van der Waals surface area (Å²) >= 11 is 0. The van der Waals surface area contributed by atoms with Crippen LogP contribution in [-0.2, 0) is 11.3 Å². The smallest absolute Gasteiger partial charge is 0.138 e. The van der Waals surface area contributed by atoms with Crippen molar-refractivity contribution in [1.29, 1.82) is 0 Å². The monoisotopic (exact) mass is 449 g/mol. The highest BCUT2D eigenvalue weighted by Gasteiger charge is 2.12. The maximum atomic E-state index is 9.23. The van der Waals surface area contributed by atoms with Crippen LogP contribution in [0.1, 0.15) is 11.3 Å². The van der Waals surface area contributed by atoms with Crippen LogP contribution in [0.15, 0.2) is 71.9 Å². The Morgan fingerprint density at radius 1 is 1.06 bits per heavy atom. The van der Waals surface area contributed by atoms with Crippen LogP contribution in [0.5, 0.6) is 11.5 Å². The highest BCUT2D eigenvalue weighted by atomic mass is 28.3. The molecule has 6 nitrogen and oxygen atoms in total. The number of rotatable bonds is 10. The Kier molecular flexibility index (Phi) is 8.16. The Labute approximate surface area is 190 Å². The predicted molar refractivity (Wildman–Crippen MR) is 133 cm³/mol. The van der Waals surface area contributed by atoms with Crippen molar-refractivity contribution in [1.82, 2.24) is 4.98 Å². The number of pyridine rings is 1. The summed E-state index contributed by atoms with van der Waals surface area (Å²) in [6.07, 6.45) is 3.26. The predicted octanol–water partition coefficient (Wildman–Crippen LogP) is 5.09. The Morgan fingerprint density at radius 3 is 2.50 bits per heavy atom. The zero-order valence-electron chi connectivity index (χ0n) is 18.9. The molecule has 0 atom stereocenters. The van der Waals surface area contributed by atoms with Crippen molar-refractivity contribution in [3.63, 3.8) is 0 Å². The number of ether oxygens (including phenoxy) is 2. The molecule has 1 heterocycles. The molecular weight excluding hydrogens is 418 g/mol. The van der Waals surface area contributed by atoms with Crippen molar-refractivity contribution in [2.24, 2.45) is 10.7 Å². The van der Waals surface area contributed by atoms with Gasteiger partial charge in [0.25, 0.3) is 0 Å². The van der Waals surface area contributed by atoms with Crippen LogP contribution in [-0.4, -0.2) is 37.2 Å². The van der Waals surface area contributed by atoms with Gasteiger partial charge in [0.1, 0.15) is 18.2 Å². The van der Waals surface area contributed by atoms with Crippen LogP contribution >= 0.6 is 0 Å². The first-order valence-electron chi connectivity index (χ1n) is 10.7. The molecule has 32 heavy (non-hydrogen) atoms. The summed E-state index contributed by atoms with van der Waals surface area (Å²) < 4.78 is 11.7. The van der Waals surface area contributed by atoms with Gasteiger partial charge >= 0.3 is 0 Å². The molecule has 0 aliphatic carbocycles. The summed E-state index contributed by atoms with van der Waals surface area (Å²) in [5, 5.41) is 10.2. The van der Waals surface area contributed by atoms with Gasteiger partial charge in [-0.25, -0.2) is 0 Å². The molecule has 0 aliphatic heterocycles. The number of nitrogens with two attached hydrogens (primary N) is 1. The molecule has 7 heteroatoms. The van der Waals surface area contributed by atoms with Crippen LogP contribution < -0.4 is 10.5 Å². The van der Waals surface area contributed by atoms with Gasteiger partial charge in [0.2, 0.25) is 0 Å². The van der Waals surface area contributed by atoms with E-state index in [0.717, 1.165) is 46.3 Å². The van der Waals surface area contributed by atoms with Crippen molar-refractivity contribution in [2.45, 2.75) is 32.3 Å². The zero-order chi connectivity index (χ0) is 23.0. The van der Waals surface area contributed by atoms with E-state index in [1.165, 1.54) is 6.20 Å². The van der Waals surface area contributed by atoms with Gasteiger partial charge in [-0.2, -0.15) is 0 Å². The average Bonchev–Trinajstić information content (AvgIpc) is 2.77. The second-order valence-electron chi connectivity index (χ2n) is 8.69. The minimum atomic E-state index is -1.11. The fourth-order valence-corrected chi connectivity index (χ4v) is 3.77. The number of hydrogen-bond acceptors (Lipinski definition) is 6. The average molecular weight is 450 g/mol. The van der Waals surface area contributed by atoms with Gasteiger partial charge in [-0.05, 0) is 66.9 Å². The maximum Gasteiger partial charge on any atom is 0.138 e. The van der Waals surface area contributed by atoms with Crippen LogP contribution in [0.25, 0.3) is 10.9 Å². The third-order valence-electron chi connectivity index (χ3n) is 4.84. The number of aromatic nitrogens is 1. The van der Waals surface area contributed by atoms with E-state index in [4.69, 9.17) is 15.2 Å². The third-order valence-corrected chi connectivity index (χ3v) is 6.55. The zero-order valence-corrected chi connectivity index (χ0v) is 19.9. The molecule has 3 rings (SSSR count). The highest BCUT2D eigenvalue weighted by Crippen LogP contribution is 2.25. The van der Waals surface area contributed by atoms with Gasteiger partial charge in [0.15, 0.2) is 0 Å². The first kappa shape index (κ1) is 23.7. The van der Waals surface area contributed by atoms with E-state index in [0.29, 0.717) is 12.4 Å². The number of fused-ring (bicyclic) bond motifs is 1. The summed E-state index contributed by atoms with van der Waals surface area (Å²) in [4.78, 5) is 8.94. The second-order valence-corrected chi connectivity index (χ2v) is 14.3. The number of allylic oxidation sites excluding steroid dienone is 1. The van der Waals surface area contributed by atoms with E-state index >= 15 is 0 Å². The summed E-state index contributed by atoms with van der Waals surface area (Å²) in [5.41, 5.74) is 8.78. The van der Waals surface area contributed by atoms with Gasteiger partial charge < -0.3 is 20.3 Å². The topological polar surface area (TPSA) is 90.0 Å². The van der Waals surface area contributed by atoms with Crippen LogP contribution in [0.2, 0.25) is 25.7 Å². The Balaban J connectivity index is 1.66. The van der Waals surface area contributed by atoms with E-state index < -0.39 is 8.07 Å². The van der Waals surface area contributed by atoms with Crippen molar-refractivity contribution in [3.05, 3.63) is 78.1 Å². The molecule has 0 bridgehead atoms. The normalized spacial score (nSPS) is 12.6. The molecule has 2 aromatic carbocycles. The number of aliphatic hydroxyl groups is 1. The number of benzene rings is 2. The van der Waals surface area contributed by atoms with Crippen LogP contribution in [0.4, 0.5) is 0 Å². The maximum absolute atomic E-state index is 9.23. The number of aliphatic imine (C=N–C) groups is 1. The first-order valence-corrected chi connectivity index (χ1v) is 14.4. The third kappa shape index (κ3) is 7.02. The molecule has 3 aromatic rings. The van der Waals surface area contributed by atoms with Crippen molar-refractivity contribution in [3.8, 4) is 11.5 Å². The first-order chi connectivity index (χ1) is 15.4. The molecule has 3 N–H and O–H groups in total. The lowest BCUT2D eigenvalue weighted by atomic mass is 10.1. The molecule has 0 aliphatic rings. The van der Waals surface area contributed by atoms with Crippen LogP contribution in [0, 0.1) is 0 Å². The highest BCUT2D eigenvalue weighted by molar-refractivity contribution is 6.76.